The monoisotopic (exact) mass is 822 g/mol. The number of ether oxygens (including phenoxy) is 2. The molecule has 14 nitrogen and oxygen atoms in total. The fraction of sp³-hybridized carbons (Fsp3) is 0.405. The number of piperidine rings is 1. The Bertz CT molecular complexity index is 2030. The molecule has 310 valence electrons. The molecule has 0 bridgehead atoms. The second kappa shape index (κ2) is 20.7. The SMILES string of the molecule is O=C(O)C(=O)O.O=C(O)C(=O)O.O=C(c1ccc(O[C@@H]2CCCC[C@H]2N2CCCCC2)c(F)c1)c1c(-c2ccc(OCCN3CCCC3)cc2)sc2cc(O)ccc12. The predicted molar refractivity (Wildman–Crippen MR) is 213 cm³/mol. The lowest BCUT2D eigenvalue weighted by molar-refractivity contribution is -0.159. The number of benzene rings is 3. The van der Waals surface area contributed by atoms with E-state index >= 15 is 4.39 Å². The van der Waals surface area contributed by atoms with Crippen LogP contribution in [0.1, 0.15) is 73.7 Å². The average Bonchev–Trinajstić information content (AvgIpc) is 3.88. The van der Waals surface area contributed by atoms with Crippen LogP contribution in [-0.4, -0.2) is 116 Å². The van der Waals surface area contributed by atoms with Crippen molar-refractivity contribution in [2.24, 2.45) is 0 Å². The van der Waals surface area contributed by atoms with E-state index in [1.807, 2.05) is 24.3 Å². The second-order valence-electron chi connectivity index (χ2n) is 14.2. The number of thiophene rings is 1. The summed E-state index contributed by atoms with van der Waals surface area (Å²) in [6.07, 6.45) is 10.4. The van der Waals surface area contributed by atoms with Crippen molar-refractivity contribution in [1.29, 1.82) is 0 Å². The van der Waals surface area contributed by atoms with Crippen LogP contribution in [0.15, 0.2) is 60.7 Å². The van der Waals surface area contributed by atoms with E-state index in [1.165, 1.54) is 55.9 Å². The van der Waals surface area contributed by atoms with Crippen LogP contribution in [0.4, 0.5) is 4.39 Å². The van der Waals surface area contributed by atoms with Crippen molar-refractivity contribution in [3.05, 3.63) is 77.6 Å². The van der Waals surface area contributed by atoms with E-state index in [1.54, 1.807) is 30.3 Å². The summed E-state index contributed by atoms with van der Waals surface area (Å²) in [5.74, 6) is -6.93. The van der Waals surface area contributed by atoms with Crippen molar-refractivity contribution in [1.82, 2.24) is 9.80 Å². The molecule has 2 atom stereocenters. The first kappa shape index (κ1) is 43.5. The van der Waals surface area contributed by atoms with Gasteiger partial charge in [0.15, 0.2) is 17.3 Å². The molecule has 1 saturated carbocycles. The van der Waals surface area contributed by atoms with Crippen LogP contribution in [-0.2, 0) is 19.2 Å². The van der Waals surface area contributed by atoms with E-state index in [-0.39, 0.29) is 28.9 Å². The second-order valence-corrected chi connectivity index (χ2v) is 15.3. The van der Waals surface area contributed by atoms with Gasteiger partial charge >= 0.3 is 23.9 Å². The molecule has 1 aliphatic carbocycles. The third kappa shape index (κ3) is 11.7. The van der Waals surface area contributed by atoms with Crippen molar-refractivity contribution in [3.8, 4) is 27.7 Å². The number of carboxylic acids is 4. The van der Waals surface area contributed by atoms with Gasteiger partial charge in [0.1, 0.15) is 24.2 Å². The van der Waals surface area contributed by atoms with Crippen molar-refractivity contribution in [2.75, 3.05) is 39.3 Å². The summed E-state index contributed by atoms with van der Waals surface area (Å²) in [6, 6.07) is 17.8. The Balaban J connectivity index is 0.000000468. The van der Waals surface area contributed by atoms with Crippen LogP contribution in [0, 0.1) is 5.82 Å². The number of carbonyl (C=O) groups excluding carboxylic acids is 1. The van der Waals surface area contributed by atoms with Gasteiger partial charge in [-0.2, -0.15) is 0 Å². The third-order valence-corrected chi connectivity index (χ3v) is 11.5. The number of nitrogens with zero attached hydrogens (tertiary/aromatic N) is 2. The summed E-state index contributed by atoms with van der Waals surface area (Å²) in [6.45, 7) is 6.00. The van der Waals surface area contributed by atoms with Gasteiger partial charge in [0.05, 0.1) is 0 Å². The molecule has 4 aromatic rings. The fourth-order valence-corrected chi connectivity index (χ4v) is 8.68. The van der Waals surface area contributed by atoms with Gasteiger partial charge in [0.2, 0.25) is 0 Å². The summed E-state index contributed by atoms with van der Waals surface area (Å²) < 4.78 is 28.8. The smallest absolute Gasteiger partial charge is 0.414 e. The number of hydrogen-bond acceptors (Lipinski definition) is 11. The van der Waals surface area contributed by atoms with E-state index in [0.29, 0.717) is 18.2 Å². The molecule has 1 aromatic heterocycles. The Hall–Kier alpha value is -5.58. The number of phenolic OH excluding ortho intramolecular Hbond substituents is 1. The average molecular weight is 823 g/mol. The van der Waals surface area contributed by atoms with Crippen LogP contribution >= 0.6 is 11.3 Å². The van der Waals surface area contributed by atoms with Crippen LogP contribution in [0.2, 0.25) is 0 Å². The summed E-state index contributed by atoms with van der Waals surface area (Å²) in [4.78, 5) is 56.3. The minimum Gasteiger partial charge on any atom is -0.508 e. The Kier molecular flexibility index (Phi) is 15.6. The van der Waals surface area contributed by atoms with E-state index in [9.17, 15) is 9.90 Å². The quantitative estimate of drug-likeness (QED) is 0.0843. The van der Waals surface area contributed by atoms with E-state index in [2.05, 4.69) is 9.80 Å². The minimum atomic E-state index is -1.82. The van der Waals surface area contributed by atoms with Gasteiger partial charge in [0, 0.05) is 38.7 Å². The molecule has 0 radical (unpaired) electrons. The first-order valence-electron chi connectivity index (χ1n) is 19.2. The van der Waals surface area contributed by atoms with Crippen molar-refractivity contribution in [3.63, 3.8) is 0 Å². The number of likely N-dealkylation sites (tertiary alicyclic amines) is 2. The number of carbonyl (C=O) groups is 5. The van der Waals surface area contributed by atoms with Gasteiger partial charge in [-0.3, -0.25) is 14.6 Å². The molecule has 0 amide bonds. The number of carboxylic acid groups (broad SMARTS) is 4. The maximum Gasteiger partial charge on any atom is 0.414 e. The minimum absolute atomic E-state index is 0.0461. The largest absolute Gasteiger partial charge is 0.508 e. The molecular formula is C42H47FN2O12S. The topological polar surface area (TPSA) is 211 Å². The zero-order valence-electron chi connectivity index (χ0n) is 31.8. The molecular weight excluding hydrogens is 776 g/mol. The number of phenols is 1. The van der Waals surface area contributed by atoms with Gasteiger partial charge in [0.25, 0.3) is 0 Å². The highest BCUT2D eigenvalue weighted by Crippen LogP contribution is 2.42. The van der Waals surface area contributed by atoms with Crippen LogP contribution < -0.4 is 9.47 Å². The lowest BCUT2D eigenvalue weighted by Crippen LogP contribution is -2.49. The number of aliphatic carboxylic acids is 4. The summed E-state index contributed by atoms with van der Waals surface area (Å²) in [7, 11) is 0. The first-order valence-corrected chi connectivity index (χ1v) is 20.0. The molecule has 3 heterocycles. The zero-order valence-corrected chi connectivity index (χ0v) is 32.6. The summed E-state index contributed by atoms with van der Waals surface area (Å²) in [5.41, 5.74) is 1.66. The number of aromatic hydroxyl groups is 1. The molecule has 5 N–H and O–H groups in total. The predicted octanol–water partition coefficient (Wildman–Crippen LogP) is 6.61. The maximum atomic E-state index is 15.7. The van der Waals surface area contributed by atoms with Crippen molar-refractivity contribution >= 4 is 51.1 Å². The number of rotatable bonds is 10. The lowest BCUT2D eigenvalue weighted by atomic mass is 9.90. The van der Waals surface area contributed by atoms with Crippen LogP contribution in [0.5, 0.6) is 17.2 Å². The fourth-order valence-electron chi connectivity index (χ4n) is 7.44. The zero-order chi connectivity index (χ0) is 41.8. The van der Waals surface area contributed by atoms with Crippen molar-refractivity contribution < 1.29 is 63.4 Å². The van der Waals surface area contributed by atoms with Crippen LogP contribution in [0.3, 0.4) is 0 Å². The van der Waals surface area contributed by atoms with E-state index in [0.717, 1.165) is 78.3 Å². The van der Waals surface area contributed by atoms with Crippen LogP contribution in [0.25, 0.3) is 20.5 Å². The molecule has 0 spiro atoms. The van der Waals surface area contributed by atoms with Gasteiger partial charge in [-0.15, -0.1) is 11.3 Å². The van der Waals surface area contributed by atoms with Crippen molar-refractivity contribution in [2.45, 2.75) is 69.9 Å². The molecule has 16 heteroatoms. The number of fused-ring (bicyclic) bond motifs is 1. The molecule has 2 aliphatic heterocycles. The highest BCUT2D eigenvalue weighted by molar-refractivity contribution is 7.22. The molecule has 2 saturated heterocycles. The standard InChI is InChI=1S/C38H43FN2O4S.2C2H2O4/c39-31-24-27(12-17-33(31)45-34-9-3-2-8-32(34)41-20-4-1-5-21-41)37(43)36-30-16-13-28(42)25-35(30)46-38(36)26-10-14-29(15-11-26)44-23-22-40-18-6-7-19-40;2*3-1(4)2(5)6/h10-17,24-25,32,34,42H,1-9,18-23H2;2*(H,3,4)(H,5,6)/t32-,34-;;/m1../s1. The molecule has 3 aromatic carbocycles. The van der Waals surface area contributed by atoms with E-state index < -0.39 is 29.7 Å². The highest BCUT2D eigenvalue weighted by Gasteiger charge is 2.33. The highest BCUT2D eigenvalue weighted by atomic mass is 32.1. The van der Waals surface area contributed by atoms with Gasteiger partial charge in [-0.05, 0) is 137 Å². The molecule has 3 fully saturated rings. The normalized spacial score (nSPS) is 18.2. The number of hydrogen-bond donors (Lipinski definition) is 5. The maximum absolute atomic E-state index is 15.7. The molecule has 3 aliphatic rings. The Morgan fingerprint density at radius 2 is 1.34 bits per heavy atom. The summed E-state index contributed by atoms with van der Waals surface area (Å²) >= 11 is 1.45. The number of ketones is 1. The lowest BCUT2D eigenvalue weighted by Gasteiger charge is -2.41. The van der Waals surface area contributed by atoms with Gasteiger partial charge in [-0.25, -0.2) is 23.6 Å². The van der Waals surface area contributed by atoms with Gasteiger partial charge < -0.3 is 35.0 Å². The summed E-state index contributed by atoms with van der Waals surface area (Å²) in [5, 5.41) is 40.5. The number of halogens is 1. The Morgan fingerprint density at radius 3 is 1.97 bits per heavy atom. The molecule has 0 unspecified atom stereocenters. The third-order valence-electron chi connectivity index (χ3n) is 10.3. The Labute approximate surface area is 338 Å². The van der Waals surface area contributed by atoms with E-state index in [4.69, 9.17) is 49.1 Å². The van der Waals surface area contributed by atoms with Gasteiger partial charge in [-0.1, -0.05) is 12.8 Å². The molecule has 58 heavy (non-hydrogen) atoms. The first-order chi connectivity index (χ1) is 27.8. The Morgan fingerprint density at radius 1 is 0.724 bits per heavy atom. The molecule has 7 rings (SSSR count).